The number of amides is 1. The Morgan fingerprint density at radius 2 is 1.50 bits per heavy atom. The van der Waals surface area contributed by atoms with Crippen LogP contribution in [0.15, 0.2) is 94.9 Å². The second-order valence-corrected chi connectivity index (χ2v) is 8.64. The standard InChI is InChI=1S/C22H20ClN3O3S/c1-17(18-10-4-2-5-11-18)24-25-22(27)16-26(21-15-9-8-14-20(21)23)30(28,29)19-12-6-3-7-13-19/h2-15H,16H2,1H3,(H,25,27)/b24-17-. The Bertz CT molecular complexity index is 1150. The predicted molar refractivity (Wildman–Crippen MR) is 119 cm³/mol. The largest absolute Gasteiger partial charge is 0.271 e. The van der Waals surface area contributed by atoms with Gasteiger partial charge < -0.3 is 0 Å². The van der Waals surface area contributed by atoms with Crippen LogP contribution in [0.4, 0.5) is 5.69 Å². The van der Waals surface area contributed by atoms with Crippen molar-refractivity contribution in [1.82, 2.24) is 5.43 Å². The lowest BCUT2D eigenvalue weighted by Gasteiger charge is -2.24. The highest BCUT2D eigenvalue weighted by molar-refractivity contribution is 7.92. The summed E-state index contributed by atoms with van der Waals surface area (Å²) in [6, 6.07) is 23.7. The molecule has 154 valence electrons. The molecule has 0 bridgehead atoms. The molecule has 0 radical (unpaired) electrons. The number of hydrogen-bond acceptors (Lipinski definition) is 4. The number of para-hydroxylation sites is 1. The number of rotatable bonds is 7. The minimum Gasteiger partial charge on any atom is -0.271 e. The summed E-state index contributed by atoms with van der Waals surface area (Å²) >= 11 is 6.24. The molecule has 8 heteroatoms. The molecule has 1 amide bonds. The lowest BCUT2D eigenvalue weighted by molar-refractivity contribution is -0.119. The highest BCUT2D eigenvalue weighted by atomic mass is 35.5. The van der Waals surface area contributed by atoms with Crippen molar-refractivity contribution in [3.8, 4) is 0 Å². The van der Waals surface area contributed by atoms with Gasteiger partial charge in [-0.25, -0.2) is 13.8 Å². The van der Waals surface area contributed by atoms with Gasteiger partial charge in [0.1, 0.15) is 6.54 Å². The topological polar surface area (TPSA) is 78.8 Å². The minimum absolute atomic E-state index is 0.0571. The number of benzene rings is 3. The van der Waals surface area contributed by atoms with Gasteiger partial charge in [-0.05, 0) is 36.8 Å². The van der Waals surface area contributed by atoms with Gasteiger partial charge in [-0.2, -0.15) is 5.10 Å². The van der Waals surface area contributed by atoms with E-state index in [0.717, 1.165) is 9.87 Å². The summed E-state index contributed by atoms with van der Waals surface area (Å²) in [4.78, 5) is 12.6. The Morgan fingerprint density at radius 3 is 2.13 bits per heavy atom. The first-order valence-electron chi connectivity index (χ1n) is 9.10. The van der Waals surface area contributed by atoms with Crippen molar-refractivity contribution in [3.63, 3.8) is 0 Å². The van der Waals surface area contributed by atoms with Crippen molar-refractivity contribution < 1.29 is 13.2 Å². The zero-order chi connectivity index (χ0) is 21.6. The molecule has 0 heterocycles. The van der Waals surface area contributed by atoms with E-state index in [0.29, 0.717) is 5.71 Å². The minimum atomic E-state index is -4.02. The van der Waals surface area contributed by atoms with Crippen molar-refractivity contribution in [2.75, 3.05) is 10.8 Å². The molecule has 0 aliphatic rings. The molecule has 6 nitrogen and oxygen atoms in total. The molecule has 30 heavy (non-hydrogen) atoms. The fraction of sp³-hybridized carbons (Fsp3) is 0.0909. The number of nitrogens with one attached hydrogen (secondary N) is 1. The van der Waals surface area contributed by atoms with Gasteiger partial charge in [-0.15, -0.1) is 0 Å². The number of hydrazone groups is 1. The average molecular weight is 442 g/mol. The van der Waals surface area contributed by atoms with E-state index < -0.39 is 22.5 Å². The third kappa shape index (κ3) is 5.06. The summed E-state index contributed by atoms with van der Waals surface area (Å²) < 4.78 is 27.4. The van der Waals surface area contributed by atoms with E-state index >= 15 is 0 Å². The van der Waals surface area contributed by atoms with Gasteiger partial charge in [0.25, 0.3) is 15.9 Å². The first-order valence-corrected chi connectivity index (χ1v) is 10.9. The molecule has 0 saturated carbocycles. The number of anilines is 1. The van der Waals surface area contributed by atoms with E-state index in [1.165, 1.54) is 12.1 Å². The van der Waals surface area contributed by atoms with Crippen LogP contribution in [-0.4, -0.2) is 26.6 Å². The van der Waals surface area contributed by atoms with Crippen LogP contribution in [0.1, 0.15) is 12.5 Å². The number of hydrogen-bond donors (Lipinski definition) is 1. The van der Waals surface area contributed by atoms with Crippen molar-refractivity contribution in [3.05, 3.63) is 95.5 Å². The third-order valence-electron chi connectivity index (χ3n) is 4.28. The summed E-state index contributed by atoms with van der Waals surface area (Å²) in [5.74, 6) is -0.593. The molecule has 3 aromatic rings. The van der Waals surface area contributed by atoms with Crippen LogP contribution in [0.2, 0.25) is 5.02 Å². The molecule has 0 saturated heterocycles. The molecular weight excluding hydrogens is 422 g/mol. The first-order chi connectivity index (χ1) is 14.4. The molecule has 0 fully saturated rings. The summed E-state index contributed by atoms with van der Waals surface area (Å²) in [6.07, 6.45) is 0. The van der Waals surface area contributed by atoms with Crippen molar-refractivity contribution in [1.29, 1.82) is 0 Å². The fourth-order valence-corrected chi connectivity index (χ4v) is 4.48. The lowest BCUT2D eigenvalue weighted by Crippen LogP contribution is -2.40. The van der Waals surface area contributed by atoms with Crippen molar-refractivity contribution in [2.24, 2.45) is 5.10 Å². The maximum atomic E-state index is 13.2. The summed E-state index contributed by atoms with van der Waals surface area (Å²) in [7, 11) is -4.02. The second kappa shape index (κ2) is 9.56. The number of sulfonamides is 1. The molecule has 0 spiro atoms. The molecule has 1 N–H and O–H groups in total. The van der Waals surface area contributed by atoms with E-state index in [-0.39, 0.29) is 15.6 Å². The fourth-order valence-electron chi connectivity index (χ4n) is 2.73. The molecular formula is C22H20ClN3O3S. The summed E-state index contributed by atoms with van der Waals surface area (Å²) in [6.45, 7) is 1.27. The summed E-state index contributed by atoms with van der Waals surface area (Å²) in [5, 5.41) is 4.30. The molecule has 0 unspecified atom stereocenters. The molecule has 0 aliphatic carbocycles. The van der Waals surface area contributed by atoms with Crippen LogP contribution in [0.3, 0.4) is 0 Å². The van der Waals surface area contributed by atoms with Gasteiger partial charge in [0.15, 0.2) is 0 Å². The van der Waals surface area contributed by atoms with E-state index in [1.54, 1.807) is 49.4 Å². The van der Waals surface area contributed by atoms with E-state index in [4.69, 9.17) is 11.6 Å². The van der Waals surface area contributed by atoms with E-state index in [9.17, 15) is 13.2 Å². The second-order valence-electron chi connectivity index (χ2n) is 6.37. The zero-order valence-electron chi connectivity index (χ0n) is 16.2. The smallest absolute Gasteiger partial charge is 0.264 e. The van der Waals surface area contributed by atoms with Crippen LogP contribution in [0.25, 0.3) is 0 Å². The van der Waals surface area contributed by atoms with Gasteiger partial charge in [0.05, 0.1) is 21.3 Å². The lowest BCUT2D eigenvalue weighted by atomic mass is 10.1. The van der Waals surface area contributed by atoms with Crippen LogP contribution < -0.4 is 9.73 Å². The van der Waals surface area contributed by atoms with Gasteiger partial charge in [0.2, 0.25) is 0 Å². The Hall–Kier alpha value is -3.16. The van der Waals surface area contributed by atoms with Crippen LogP contribution in [0.5, 0.6) is 0 Å². The van der Waals surface area contributed by atoms with Crippen LogP contribution >= 0.6 is 11.6 Å². The average Bonchev–Trinajstić information content (AvgIpc) is 2.77. The monoisotopic (exact) mass is 441 g/mol. The van der Waals surface area contributed by atoms with Crippen LogP contribution in [0, 0.1) is 0 Å². The van der Waals surface area contributed by atoms with Crippen LogP contribution in [-0.2, 0) is 14.8 Å². The predicted octanol–water partition coefficient (Wildman–Crippen LogP) is 4.08. The maximum absolute atomic E-state index is 13.2. The molecule has 3 rings (SSSR count). The molecule has 3 aromatic carbocycles. The molecule has 0 atom stereocenters. The number of nitrogens with zero attached hydrogens (tertiary/aromatic N) is 2. The zero-order valence-corrected chi connectivity index (χ0v) is 17.8. The normalized spacial score (nSPS) is 11.7. The quantitative estimate of drug-likeness (QED) is 0.443. The first kappa shape index (κ1) is 21.5. The van der Waals surface area contributed by atoms with Gasteiger partial charge in [-0.1, -0.05) is 72.3 Å². The Kier molecular flexibility index (Phi) is 6.87. The van der Waals surface area contributed by atoms with E-state index in [1.807, 2.05) is 30.3 Å². The van der Waals surface area contributed by atoms with Gasteiger partial charge in [-0.3, -0.25) is 9.10 Å². The Labute approximate surface area is 180 Å². The highest BCUT2D eigenvalue weighted by Gasteiger charge is 2.28. The van der Waals surface area contributed by atoms with E-state index in [2.05, 4.69) is 10.5 Å². The molecule has 0 aromatic heterocycles. The van der Waals surface area contributed by atoms with Gasteiger partial charge >= 0.3 is 0 Å². The number of halogens is 1. The van der Waals surface area contributed by atoms with Gasteiger partial charge in [0, 0.05) is 0 Å². The van der Waals surface area contributed by atoms with Crippen molar-refractivity contribution in [2.45, 2.75) is 11.8 Å². The Balaban J connectivity index is 1.88. The number of carbonyl (C=O) groups excluding carboxylic acids is 1. The molecule has 0 aliphatic heterocycles. The number of carbonyl (C=O) groups is 1. The SMILES string of the molecule is C/C(=N/NC(=O)CN(c1ccccc1Cl)S(=O)(=O)c1ccccc1)c1ccccc1. The maximum Gasteiger partial charge on any atom is 0.264 e. The summed E-state index contributed by atoms with van der Waals surface area (Å²) in [5.41, 5.74) is 4.08. The highest BCUT2D eigenvalue weighted by Crippen LogP contribution is 2.30. The van der Waals surface area contributed by atoms with Crippen molar-refractivity contribution >= 4 is 38.9 Å². The third-order valence-corrected chi connectivity index (χ3v) is 6.37. The Morgan fingerprint density at radius 1 is 0.933 bits per heavy atom.